The van der Waals surface area contributed by atoms with Crippen LogP contribution in [0.5, 0.6) is 23.0 Å². The summed E-state index contributed by atoms with van der Waals surface area (Å²) in [6, 6.07) is 10.9. The van der Waals surface area contributed by atoms with Gasteiger partial charge in [0.05, 0.1) is 26.4 Å². The Labute approximate surface area is 195 Å². The lowest BCUT2D eigenvalue weighted by atomic mass is 10.1. The van der Waals surface area contributed by atoms with Crippen LogP contribution in [0.25, 0.3) is 12.2 Å². The van der Waals surface area contributed by atoms with Crippen LogP contribution < -0.4 is 18.9 Å². The number of ether oxygens (including phenoxy) is 4. The van der Waals surface area contributed by atoms with Crippen molar-refractivity contribution in [1.29, 1.82) is 0 Å². The quantitative estimate of drug-likeness (QED) is 0.228. The van der Waals surface area contributed by atoms with Gasteiger partial charge in [-0.3, -0.25) is 4.79 Å². The highest BCUT2D eigenvalue weighted by Crippen LogP contribution is 2.30. The number of carbonyl (C=O) groups is 1. The lowest BCUT2D eigenvalue weighted by molar-refractivity contribution is -0.110. The lowest BCUT2D eigenvalue weighted by Gasteiger charge is -2.11. The summed E-state index contributed by atoms with van der Waals surface area (Å²) in [5, 5.41) is 10.1. The topological polar surface area (TPSA) is 74.2 Å². The van der Waals surface area contributed by atoms with Crippen molar-refractivity contribution in [1.82, 2.24) is 0 Å². The Bertz CT molecular complexity index is 1000. The fourth-order valence-corrected chi connectivity index (χ4v) is 2.94. The van der Waals surface area contributed by atoms with Crippen molar-refractivity contribution in [3.05, 3.63) is 71.5 Å². The molecular weight excluding hydrogens is 420 g/mol. The lowest BCUT2D eigenvalue weighted by Crippen LogP contribution is -1.98. The minimum Gasteiger partial charge on any atom is -0.508 e. The summed E-state index contributed by atoms with van der Waals surface area (Å²) in [5.41, 5.74) is 1.60. The second-order valence-corrected chi connectivity index (χ2v) is 6.78. The number of allylic oxidation sites excluding steroid dienone is 3. The average molecular weight is 453 g/mol. The molecule has 0 aliphatic heterocycles. The van der Waals surface area contributed by atoms with E-state index in [0.717, 1.165) is 17.2 Å². The SMILES string of the molecule is CCOc1ccc(C=CC(=O)C=C(O)C=Cc2ccc(OCC)c(OCC)c2)cc1OCC. The molecule has 0 spiro atoms. The van der Waals surface area contributed by atoms with Crippen LogP contribution in [0.2, 0.25) is 0 Å². The van der Waals surface area contributed by atoms with Gasteiger partial charge >= 0.3 is 0 Å². The van der Waals surface area contributed by atoms with Gasteiger partial charge in [-0.25, -0.2) is 0 Å². The number of aliphatic hydroxyl groups is 1. The Morgan fingerprint density at radius 1 is 0.697 bits per heavy atom. The van der Waals surface area contributed by atoms with Crippen LogP contribution >= 0.6 is 0 Å². The molecule has 2 aromatic carbocycles. The van der Waals surface area contributed by atoms with Gasteiger partial charge in [-0.05, 0) is 75.2 Å². The maximum atomic E-state index is 12.2. The van der Waals surface area contributed by atoms with Gasteiger partial charge in [-0.15, -0.1) is 0 Å². The Kier molecular flexibility index (Phi) is 10.6. The Hall–Kier alpha value is -3.67. The first kappa shape index (κ1) is 25.6. The molecule has 176 valence electrons. The van der Waals surface area contributed by atoms with Gasteiger partial charge in [-0.2, -0.15) is 0 Å². The number of aliphatic hydroxyl groups excluding tert-OH is 1. The fraction of sp³-hybridized carbons (Fsp3) is 0.296. The third-order valence-electron chi connectivity index (χ3n) is 4.31. The van der Waals surface area contributed by atoms with E-state index >= 15 is 0 Å². The molecule has 0 fully saturated rings. The van der Waals surface area contributed by atoms with Crippen LogP contribution in [-0.4, -0.2) is 37.3 Å². The molecule has 2 rings (SSSR count). The highest BCUT2D eigenvalue weighted by molar-refractivity contribution is 6.02. The number of hydrogen-bond donors (Lipinski definition) is 1. The Morgan fingerprint density at radius 2 is 1.12 bits per heavy atom. The molecule has 0 unspecified atom stereocenters. The first-order valence-corrected chi connectivity index (χ1v) is 11.1. The predicted molar refractivity (Wildman–Crippen MR) is 131 cm³/mol. The number of ketones is 1. The monoisotopic (exact) mass is 452 g/mol. The number of carbonyl (C=O) groups excluding carboxylic acids is 1. The first-order chi connectivity index (χ1) is 16.0. The summed E-state index contributed by atoms with van der Waals surface area (Å²) in [6.45, 7) is 9.71. The number of hydrogen-bond acceptors (Lipinski definition) is 6. The largest absolute Gasteiger partial charge is 0.508 e. The van der Waals surface area contributed by atoms with Gasteiger partial charge in [0.15, 0.2) is 28.8 Å². The van der Waals surface area contributed by atoms with E-state index in [-0.39, 0.29) is 11.5 Å². The fourth-order valence-electron chi connectivity index (χ4n) is 2.94. The average Bonchev–Trinajstić information content (AvgIpc) is 2.80. The van der Waals surface area contributed by atoms with E-state index < -0.39 is 0 Å². The van der Waals surface area contributed by atoms with Gasteiger partial charge < -0.3 is 24.1 Å². The van der Waals surface area contributed by atoms with Crippen molar-refractivity contribution in [3.63, 3.8) is 0 Å². The normalized spacial score (nSPS) is 11.7. The standard InChI is InChI=1S/C27H32O6/c1-5-30-24-15-11-20(17-26(24)32-7-3)9-13-22(28)19-23(29)14-10-21-12-16-25(31-6-2)27(18-21)33-8-4/h9-19,28H,5-8H2,1-4H3. The molecule has 0 saturated heterocycles. The molecule has 33 heavy (non-hydrogen) atoms. The molecular formula is C27H32O6. The maximum absolute atomic E-state index is 12.2. The van der Waals surface area contributed by atoms with Gasteiger partial charge in [0, 0.05) is 6.08 Å². The number of rotatable bonds is 13. The van der Waals surface area contributed by atoms with E-state index in [1.165, 1.54) is 12.2 Å². The van der Waals surface area contributed by atoms with Crippen LogP contribution in [0, 0.1) is 0 Å². The highest BCUT2D eigenvalue weighted by Gasteiger charge is 2.06. The molecule has 0 amide bonds. The van der Waals surface area contributed by atoms with E-state index in [4.69, 9.17) is 18.9 Å². The smallest absolute Gasteiger partial charge is 0.182 e. The van der Waals surface area contributed by atoms with Crippen molar-refractivity contribution in [3.8, 4) is 23.0 Å². The zero-order valence-corrected chi connectivity index (χ0v) is 19.7. The van der Waals surface area contributed by atoms with E-state index in [9.17, 15) is 9.90 Å². The minimum absolute atomic E-state index is 0.154. The van der Waals surface area contributed by atoms with E-state index in [1.54, 1.807) is 12.2 Å². The number of benzene rings is 2. The second kappa shape index (κ2) is 13.7. The molecule has 0 aliphatic carbocycles. The summed E-state index contributed by atoms with van der Waals surface area (Å²) in [5.74, 6) is 2.08. The van der Waals surface area contributed by atoms with Crippen molar-refractivity contribution in [2.75, 3.05) is 26.4 Å². The van der Waals surface area contributed by atoms with Crippen molar-refractivity contribution in [2.45, 2.75) is 27.7 Å². The van der Waals surface area contributed by atoms with Crippen molar-refractivity contribution >= 4 is 17.9 Å². The second-order valence-electron chi connectivity index (χ2n) is 6.78. The van der Waals surface area contributed by atoms with Crippen LogP contribution in [0.1, 0.15) is 38.8 Å². The van der Waals surface area contributed by atoms with Crippen molar-refractivity contribution in [2.24, 2.45) is 0 Å². The molecule has 6 nitrogen and oxygen atoms in total. The molecule has 0 radical (unpaired) electrons. The Morgan fingerprint density at radius 3 is 1.58 bits per heavy atom. The van der Waals surface area contributed by atoms with Gasteiger partial charge in [0.25, 0.3) is 0 Å². The summed E-state index contributed by atoms with van der Waals surface area (Å²) >= 11 is 0. The molecule has 1 N–H and O–H groups in total. The van der Waals surface area contributed by atoms with Crippen LogP contribution in [0.4, 0.5) is 0 Å². The zero-order valence-electron chi connectivity index (χ0n) is 19.7. The molecule has 0 heterocycles. The highest BCUT2D eigenvalue weighted by atomic mass is 16.5. The molecule has 0 aliphatic rings. The molecule has 6 heteroatoms. The zero-order chi connectivity index (χ0) is 24.1. The summed E-state index contributed by atoms with van der Waals surface area (Å²) in [7, 11) is 0. The summed E-state index contributed by atoms with van der Waals surface area (Å²) < 4.78 is 22.3. The molecule has 2 aromatic rings. The molecule has 0 saturated carbocycles. The predicted octanol–water partition coefficient (Wildman–Crippen LogP) is 6.02. The van der Waals surface area contributed by atoms with E-state index in [2.05, 4.69) is 0 Å². The van der Waals surface area contributed by atoms with Crippen LogP contribution in [-0.2, 0) is 4.79 Å². The summed E-state index contributed by atoms with van der Waals surface area (Å²) in [6.07, 6.45) is 7.36. The van der Waals surface area contributed by atoms with Gasteiger partial charge in [-0.1, -0.05) is 24.3 Å². The first-order valence-electron chi connectivity index (χ1n) is 11.1. The van der Waals surface area contributed by atoms with Gasteiger partial charge in [0.1, 0.15) is 5.76 Å². The summed E-state index contributed by atoms with van der Waals surface area (Å²) in [4.78, 5) is 12.2. The molecule has 0 aromatic heterocycles. The Balaban J connectivity index is 2.08. The van der Waals surface area contributed by atoms with Crippen LogP contribution in [0.3, 0.4) is 0 Å². The van der Waals surface area contributed by atoms with Gasteiger partial charge in [0.2, 0.25) is 0 Å². The maximum Gasteiger partial charge on any atom is 0.182 e. The third-order valence-corrected chi connectivity index (χ3v) is 4.31. The van der Waals surface area contributed by atoms with E-state index in [0.29, 0.717) is 49.4 Å². The van der Waals surface area contributed by atoms with Crippen LogP contribution in [0.15, 0.2) is 60.4 Å². The minimum atomic E-state index is -0.342. The van der Waals surface area contributed by atoms with E-state index in [1.807, 2.05) is 64.1 Å². The third kappa shape index (κ3) is 8.41. The molecule has 0 bridgehead atoms. The molecule has 0 atom stereocenters. The van der Waals surface area contributed by atoms with Crippen molar-refractivity contribution < 1.29 is 28.8 Å².